The predicted octanol–water partition coefficient (Wildman–Crippen LogP) is 9.43. The van der Waals surface area contributed by atoms with Crippen LogP contribution >= 0.6 is 0 Å². The Kier molecular flexibility index (Phi) is 16.1. The average molecular weight is 587 g/mol. The van der Waals surface area contributed by atoms with Crippen LogP contribution in [0.15, 0.2) is 60.2 Å². The van der Waals surface area contributed by atoms with Gasteiger partial charge in [0.05, 0.1) is 6.42 Å². The topological polar surface area (TPSA) is 68.3 Å². The Bertz CT molecular complexity index is 1230. The fourth-order valence-electron chi connectivity index (χ4n) is 6.50. The second kappa shape index (κ2) is 19.2. The molecule has 1 aromatic carbocycles. The first-order valence-corrected chi connectivity index (χ1v) is 16.5. The molecule has 234 valence electrons. The van der Waals surface area contributed by atoms with E-state index in [0.717, 1.165) is 72.8 Å². The Morgan fingerprint density at radius 1 is 0.930 bits per heavy atom. The van der Waals surface area contributed by atoms with Gasteiger partial charge in [0, 0.05) is 30.7 Å². The van der Waals surface area contributed by atoms with Gasteiger partial charge in [-0.25, -0.2) is 0 Å². The first kappa shape index (κ1) is 36.1. The molecular formula is C39H54O4. The fourth-order valence-corrected chi connectivity index (χ4v) is 6.50. The molecule has 0 saturated heterocycles. The monoisotopic (exact) mass is 586 g/mol. The summed E-state index contributed by atoms with van der Waals surface area (Å²) in [7, 11) is 0. The zero-order chi connectivity index (χ0) is 31.8. The van der Waals surface area contributed by atoms with Crippen molar-refractivity contribution in [3.05, 3.63) is 82.5 Å². The average Bonchev–Trinajstić information content (AvgIpc) is 2.94. The van der Waals surface area contributed by atoms with Crippen molar-refractivity contribution >= 4 is 23.1 Å². The van der Waals surface area contributed by atoms with Crippen molar-refractivity contribution in [1.29, 1.82) is 0 Å². The number of hydrogen-bond acceptors (Lipinski definition) is 4. The molecule has 0 aliphatic heterocycles. The Balaban J connectivity index is 0.00000206. The van der Waals surface area contributed by atoms with Crippen molar-refractivity contribution in [2.75, 3.05) is 0 Å². The van der Waals surface area contributed by atoms with Gasteiger partial charge in [0.15, 0.2) is 5.78 Å². The molecule has 2 aliphatic rings. The van der Waals surface area contributed by atoms with Gasteiger partial charge in [-0.2, -0.15) is 0 Å². The van der Waals surface area contributed by atoms with Gasteiger partial charge >= 0.3 is 0 Å². The highest BCUT2D eigenvalue weighted by Gasteiger charge is 2.33. The molecule has 4 nitrogen and oxygen atoms in total. The Morgan fingerprint density at radius 3 is 2.30 bits per heavy atom. The van der Waals surface area contributed by atoms with Crippen molar-refractivity contribution in [3.8, 4) is 0 Å². The summed E-state index contributed by atoms with van der Waals surface area (Å²) in [6, 6.07) is 4.07. The van der Waals surface area contributed by atoms with Crippen LogP contribution in [0.4, 0.5) is 0 Å². The largest absolute Gasteiger partial charge is 0.300 e. The molecule has 0 heterocycles. The van der Waals surface area contributed by atoms with Crippen LogP contribution in [0.2, 0.25) is 0 Å². The summed E-state index contributed by atoms with van der Waals surface area (Å²) >= 11 is 0. The molecule has 4 heteroatoms. The summed E-state index contributed by atoms with van der Waals surface area (Å²) in [5.41, 5.74) is 4.83. The van der Waals surface area contributed by atoms with E-state index in [0.29, 0.717) is 19.3 Å². The minimum Gasteiger partial charge on any atom is -0.300 e. The van der Waals surface area contributed by atoms with Crippen LogP contribution in [-0.2, 0) is 27.2 Å². The van der Waals surface area contributed by atoms with Crippen LogP contribution in [0.3, 0.4) is 0 Å². The maximum absolute atomic E-state index is 13.4. The van der Waals surface area contributed by atoms with E-state index in [1.165, 1.54) is 13.3 Å². The lowest BCUT2D eigenvalue weighted by molar-refractivity contribution is -0.130. The SMILES string of the molecule is CCC.CCCC(CC1CC(=O)c2c(ccc(CC(=O)C/C3=C/C=C\C/C=C\C=C/C3)c2C)C1)C(CC)C(=O)CC(C)=O. The molecule has 0 bridgehead atoms. The van der Waals surface area contributed by atoms with E-state index in [1.807, 2.05) is 50.3 Å². The van der Waals surface area contributed by atoms with Gasteiger partial charge in [0.25, 0.3) is 0 Å². The van der Waals surface area contributed by atoms with E-state index < -0.39 is 0 Å². The molecule has 0 spiro atoms. The number of hydrogen-bond donors (Lipinski definition) is 0. The normalized spacial score (nSPS) is 21.1. The quantitative estimate of drug-likeness (QED) is 0.216. The Morgan fingerprint density at radius 2 is 1.63 bits per heavy atom. The molecule has 0 N–H and O–H groups in total. The van der Waals surface area contributed by atoms with E-state index in [4.69, 9.17) is 0 Å². The number of rotatable bonds is 13. The number of carbonyl (C=O) groups excluding carboxylic acids is 4. The molecule has 0 aromatic heterocycles. The van der Waals surface area contributed by atoms with Gasteiger partial charge in [-0.05, 0) is 74.5 Å². The smallest absolute Gasteiger partial charge is 0.163 e. The molecule has 0 amide bonds. The highest BCUT2D eigenvalue weighted by molar-refractivity contribution is 6.01. The van der Waals surface area contributed by atoms with Crippen LogP contribution < -0.4 is 0 Å². The molecule has 1 aromatic rings. The minimum atomic E-state index is -0.125. The molecule has 3 atom stereocenters. The third kappa shape index (κ3) is 11.8. The van der Waals surface area contributed by atoms with E-state index in [1.54, 1.807) is 0 Å². The van der Waals surface area contributed by atoms with Crippen molar-refractivity contribution in [1.82, 2.24) is 0 Å². The molecular weight excluding hydrogens is 532 g/mol. The van der Waals surface area contributed by atoms with Gasteiger partial charge in [-0.15, -0.1) is 0 Å². The molecule has 3 unspecified atom stereocenters. The van der Waals surface area contributed by atoms with Gasteiger partial charge in [0.1, 0.15) is 17.3 Å². The Hall–Kier alpha value is -3.14. The third-order valence-electron chi connectivity index (χ3n) is 8.38. The van der Waals surface area contributed by atoms with E-state index in [9.17, 15) is 19.2 Å². The summed E-state index contributed by atoms with van der Waals surface area (Å²) in [5.74, 6) is 0.534. The summed E-state index contributed by atoms with van der Waals surface area (Å²) in [6.07, 6.45) is 22.8. The maximum atomic E-state index is 13.4. The van der Waals surface area contributed by atoms with Gasteiger partial charge < -0.3 is 0 Å². The third-order valence-corrected chi connectivity index (χ3v) is 8.38. The van der Waals surface area contributed by atoms with E-state index >= 15 is 0 Å². The van der Waals surface area contributed by atoms with Gasteiger partial charge in [-0.3, -0.25) is 19.2 Å². The number of fused-ring (bicyclic) bond motifs is 1. The predicted molar refractivity (Wildman–Crippen MR) is 178 cm³/mol. The summed E-state index contributed by atoms with van der Waals surface area (Å²) in [6.45, 7) is 11.9. The second-order valence-electron chi connectivity index (χ2n) is 12.4. The summed E-state index contributed by atoms with van der Waals surface area (Å²) in [5, 5.41) is 0. The van der Waals surface area contributed by atoms with Crippen LogP contribution in [0.1, 0.15) is 126 Å². The van der Waals surface area contributed by atoms with Crippen molar-refractivity contribution in [3.63, 3.8) is 0 Å². The van der Waals surface area contributed by atoms with Crippen molar-refractivity contribution < 1.29 is 19.2 Å². The molecule has 0 fully saturated rings. The number of benzene rings is 1. The molecule has 0 saturated carbocycles. The van der Waals surface area contributed by atoms with Crippen LogP contribution in [0.5, 0.6) is 0 Å². The van der Waals surface area contributed by atoms with E-state index in [-0.39, 0.29) is 47.3 Å². The molecule has 3 rings (SSSR count). The first-order chi connectivity index (χ1) is 20.6. The lowest BCUT2D eigenvalue weighted by atomic mass is 9.72. The molecule has 2 aliphatic carbocycles. The lowest BCUT2D eigenvalue weighted by Gasteiger charge is -2.32. The summed E-state index contributed by atoms with van der Waals surface area (Å²) < 4.78 is 0. The van der Waals surface area contributed by atoms with Crippen molar-refractivity contribution in [2.45, 2.75) is 119 Å². The van der Waals surface area contributed by atoms with Gasteiger partial charge in [-0.1, -0.05) is 107 Å². The fraction of sp³-hybridized carbons (Fsp3) is 0.538. The zero-order valence-electron chi connectivity index (χ0n) is 27.5. The van der Waals surface area contributed by atoms with Crippen LogP contribution in [0.25, 0.3) is 0 Å². The van der Waals surface area contributed by atoms with Gasteiger partial charge in [0.2, 0.25) is 0 Å². The number of Topliss-reactive ketones (excluding diaryl/α,β-unsaturated/α-hetero) is 4. The number of allylic oxidation sites excluding steroid dienone is 8. The lowest BCUT2D eigenvalue weighted by Crippen LogP contribution is -2.30. The minimum absolute atomic E-state index is 0.00781. The highest BCUT2D eigenvalue weighted by atomic mass is 16.1. The van der Waals surface area contributed by atoms with Crippen LogP contribution in [0, 0.1) is 24.7 Å². The zero-order valence-corrected chi connectivity index (χ0v) is 27.5. The van der Waals surface area contributed by atoms with Crippen LogP contribution in [-0.4, -0.2) is 23.1 Å². The molecule has 43 heavy (non-hydrogen) atoms. The molecule has 0 radical (unpaired) electrons. The van der Waals surface area contributed by atoms with Crippen molar-refractivity contribution in [2.24, 2.45) is 17.8 Å². The number of ketones is 4. The Labute approximate surface area is 260 Å². The first-order valence-electron chi connectivity index (χ1n) is 16.5. The highest BCUT2D eigenvalue weighted by Crippen LogP contribution is 2.37. The standard InChI is InChI=1S/C36H46O4.C3H8/c1-5-14-30(33(6-2)34(39)19-25(3)37)20-28-21-31-18-17-29(26(4)36(31)35(40)23-28)24-32(38)22-27-15-12-10-8-7-9-11-13-16-27;1-3-2/h7-8,10-13,16-18,28,30,33H,5-6,9,14-15,19-24H2,1-4H3;3H2,1-2H3/b8-7-,12-10-,13-11-,27-16+;. The van der Waals surface area contributed by atoms with E-state index in [2.05, 4.69) is 39.0 Å². The summed E-state index contributed by atoms with van der Waals surface area (Å²) in [4.78, 5) is 50.9. The second-order valence-corrected chi connectivity index (χ2v) is 12.4. The number of carbonyl (C=O) groups is 4. The maximum Gasteiger partial charge on any atom is 0.163 e.